The van der Waals surface area contributed by atoms with Crippen molar-refractivity contribution in [1.29, 1.82) is 0 Å². The van der Waals surface area contributed by atoms with E-state index in [9.17, 15) is 15.0 Å². The van der Waals surface area contributed by atoms with E-state index in [2.05, 4.69) is 4.43 Å². The van der Waals surface area contributed by atoms with E-state index in [0.29, 0.717) is 0 Å². The molecule has 0 radical (unpaired) electrons. The molecule has 0 amide bonds. The molecule has 4 nitrogen and oxygen atoms in total. The van der Waals surface area contributed by atoms with Crippen LogP contribution < -0.4 is 0 Å². The first-order valence-corrected chi connectivity index (χ1v) is 4.08. The molecule has 0 saturated carbocycles. The molecule has 66 valence electrons. The molecule has 0 aromatic rings. The molecule has 0 aliphatic rings. The van der Waals surface area contributed by atoms with Crippen LogP contribution in [0.1, 0.15) is 20.8 Å². The average molecular weight is 178 g/mol. The van der Waals surface area contributed by atoms with Crippen LogP contribution in [0.4, 0.5) is 0 Å². The second-order valence-corrected chi connectivity index (χ2v) is 3.53. The number of hydrogen-bond donors (Lipinski definition) is 2. The van der Waals surface area contributed by atoms with Gasteiger partial charge >= 0.3 is 5.97 Å². The summed E-state index contributed by atoms with van der Waals surface area (Å²) in [5, 5.41) is 18.7. The van der Waals surface area contributed by atoms with Crippen molar-refractivity contribution >= 4 is 16.5 Å². The van der Waals surface area contributed by atoms with Crippen LogP contribution in [-0.4, -0.2) is 37.9 Å². The van der Waals surface area contributed by atoms with E-state index < -0.39 is 17.2 Å². The van der Waals surface area contributed by atoms with Gasteiger partial charge in [0.1, 0.15) is 0 Å². The number of hydrogen-bond acceptors (Lipinski definition) is 4. The molecule has 0 aliphatic heterocycles. The molecule has 1 unspecified atom stereocenters. The molecular weight excluding hydrogens is 164 g/mol. The predicted octanol–water partition coefficient (Wildman–Crippen LogP) is -1.67. The van der Waals surface area contributed by atoms with Gasteiger partial charge in [0.2, 0.25) is 10.5 Å². The van der Waals surface area contributed by atoms with Crippen molar-refractivity contribution in [1.82, 2.24) is 0 Å². The largest absolute Gasteiger partial charge is 0.527 e. The van der Waals surface area contributed by atoms with Crippen molar-refractivity contribution < 1.29 is 19.4 Å². The summed E-state index contributed by atoms with van der Waals surface area (Å²) in [4.78, 5) is 10.9. The van der Waals surface area contributed by atoms with Gasteiger partial charge in [-0.1, -0.05) is 0 Å². The van der Waals surface area contributed by atoms with Gasteiger partial charge in [0.15, 0.2) is 5.60 Å². The summed E-state index contributed by atoms with van der Waals surface area (Å²) in [7, 11) is 0.217. The Hall–Kier alpha value is -0.393. The van der Waals surface area contributed by atoms with Crippen molar-refractivity contribution in [2.45, 2.75) is 32.0 Å². The maximum atomic E-state index is 10.9. The molecule has 0 rings (SSSR count). The Morgan fingerprint density at radius 2 is 1.73 bits per heavy atom. The minimum atomic E-state index is -1.82. The minimum Gasteiger partial charge on any atom is -0.527 e. The lowest BCUT2D eigenvalue weighted by atomic mass is 9.88. The van der Waals surface area contributed by atoms with Gasteiger partial charge in [0, 0.05) is 0 Å². The highest BCUT2D eigenvalue weighted by atomic mass is 28.2. The fourth-order valence-electron chi connectivity index (χ4n) is 0.449. The number of rotatable bonds is 2. The lowest BCUT2D eigenvalue weighted by Crippen LogP contribution is -2.54. The average Bonchev–Trinajstić information content (AvgIpc) is 1.83. The summed E-state index contributed by atoms with van der Waals surface area (Å²) in [5.41, 5.74) is -3.30. The molecule has 5 heteroatoms. The van der Waals surface area contributed by atoms with Crippen molar-refractivity contribution in [2.24, 2.45) is 0 Å². The van der Waals surface area contributed by atoms with E-state index in [-0.39, 0.29) is 10.5 Å². The van der Waals surface area contributed by atoms with E-state index in [1.165, 1.54) is 20.8 Å². The molecule has 2 N–H and O–H groups in total. The Bertz CT molecular complexity index is 158. The third-order valence-electron chi connectivity index (χ3n) is 1.77. The minimum absolute atomic E-state index is 0.217. The molecule has 0 bridgehead atoms. The van der Waals surface area contributed by atoms with Crippen molar-refractivity contribution in [3.8, 4) is 0 Å². The van der Waals surface area contributed by atoms with E-state index in [0.717, 1.165) is 0 Å². The summed E-state index contributed by atoms with van der Waals surface area (Å²) in [5.74, 6) is -0.781. The second kappa shape index (κ2) is 2.92. The highest BCUT2D eigenvalue weighted by Crippen LogP contribution is 2.21. The highest BCUT2D eigenvalue weighted by molar-refractivity contribution is 6.07. The zero-order valence-corrected chi connectivity index (χ0v) is 9.21. The first-order chi connectivity index (χ1) is 4.73. The molecule has 1 atom stereocenters. The van der Waals surface area contributed by atoms with Crippen molar-refractivity contribution in [3.63, 3.8) is 0 Å². The Morgan fingerprint density at radius 1 is 1.36 bits per heavy atom. The fourth-order valence-corrected chi connectivity index (χ4v) is 0.846. The maximum absolute atomic E-state index is 10.9. The normalized spacial score (nSPS) is 17.5. The van der Waals surface area contributed by atoms with Gasteiger partial charge in [0.05, 0.1) is 5.60 Å². The quantitative estimate of drug-likeness (QED) is 0.496. The Morgan fingerprint density at radius 3 is 1.82 bits per heavy atom. The molecule has 0 fully saturated rings. The second-order valence-electron chi connectivity index (χ2n) is 3.12. The zero-order chi connectivity index (χ0) is 9.28. The Labute approximate surface area is 68.7 Å². The third kappa shape index (κ3) is 2.02. The molecule has 0 aromatic carbocycles. The van der Waals surface area contributed by atoms with Gasteiger partial charge in [-0.05, 0) is 20.8 Å². The van der Waals surface area contributed by atoms with Crippen molar-refractivity contribution in [2.75, 3.05) is 0 Å². The van der Waals surface area contributed by atoms with Gasteiger partial charge < -0.3 is 14.6 Å². The van der Waals surface area contributed by atoms with Gasteiger partial charge in [-0.3, -0.25) is 4.79 Å². The Balaban J connectivity index is 4.59. The maximum Gasteiger partial charge on any atom is 0.326 e. The summed E-state index contributed by atoms with van der Waals surface area (Å²) < 4.78 is 4.43. The standard InChI is InChI=1S/C6H14O4Si/c1-5(2,8)6(3,9)4(7)10-11/h8-9H,1-3,11H3. The number of aliphatic hydroxyl groups is 2. The van der Waals surface area contributed by atoms with E-state index in [4.69, 9.17) is 0 Å². The van der Waals surface area contributed by atoms with Gasteiger partial charge in [0.25, 0.3) is 0 Å². The predicted molar refractivity (Wildman–Crippen MR) is 43.0 cm³/mol. The topological polar surface area (TPSA) is 66.8 Å². The van der Waals surface area contributed by atoms with Crippen LogP contribution >= 0.6 is 0 Å². The third-order valence-corrected chi connectivity index (χ3v) is 2.14. The first kappa shape index (κ1) is 10.6. The smallest absolute Gasteiger partial charge is 0.326 e. The SMILES string of the molecule is CC(C)(O)C(C)(O)C(=O)O[SiH3]. The molecule has 11 heavy (non-hydrogen) atoms. The monoisotopic (exact) mass is 178 g/mol. The van der Waals surface area contributed by atoms with Crippen LogP contribution in [0, 0.1) is 0 Å². The Kier molecular flexibility index (Phi) is 2.82. The first-order valence-electron chi connectivity index (χ1n) is 3.26. The van der Waals surface area contributed by atoms with E-state index in [1.54, 1.807) is 0 Å². The molecule has 0 aromatic heterocycles. The van der Waals surface area contributed by atoms with E-state index >= 15 is 0 Å². The van der Waals surface area contributed by atoms with Crippen LogP contribution in [0.3, 0.4) is 0 Å². The summed E-state index contributed by atoms with van der Waals surface area (Å²) in [6.45, 7) is 3.93. The lowest BCUT2D eigenvalue weighted by molar-refractivity contribution is -0.178. The van der Waals surface area contributed by atoms with Gasteiger partial charge in [-0.2, -0.15) is 0 Å². The van der Waals surface area contributed by atoms with Gasteiger partial charge in [-0.15, -0.1) is 0 Å². The fraction of sp³-hybridized carbons (Fsp3) is 0.833. The molecule has 0 saturated heterocycles. The summed E-state index contributed by atoms with van der Waals surface area (Å²) in [6.07, 6.45) is 0. The number of carbonyl (C=O) groups is 1. The van der Waals surface area contributed by atoms with Crippen LogP contribution in [0.15, 0.2) is 0 Å². The lowest BCUT2D eigenvalue weighted by Gasteiger charge is -2.32. The summed E-state index contributed by atoms with van der Waals surface area (Å²) in [6, 6.07) is 0. The zero-order valence-electron chi connectivity index (χ0n) is 7.21. The molecule has 0 aliphatic carbocycles. The highest BCUT2D eigenvalue weighted by Gasteiger charge is 2.45. The van der Waals surface area contributed by atoms with Crippen LogP contribution in [-0.2, 0) is 9.22 Å². The molecule has 0 spiro atoms. The van der Waals surface area contributed by atoms with Crippen LogP contribution in [0.5, 0.6) is 0 Å². The molecular formula is C6H14O4Si. The number of carbonyl (C=O) groups excluding carboxylic acids is 1. The van der Waals surface area contributed by atoms with Gasteiger partial charge in [-0.25, -0.2) is 0 Å². The van der Waals surface area contributed by atoms with E-state index in [1.807, 2.05) is 0 Å². The molecule has 0 heterocycles. The van der Waals surface area contributed by atoms with Crippen molar-refractivity contribution in [3.05, 3.63) is 0 Å². The van der Waals surface area contributed by atoms with Crippen LogP contribution in [0.2, 0.25) is 0 Å². The summed E-state index contributed by atoms with van der Waals surface area (Å²) >= 11 is 0. The van der Waals surface area contributed by atoms with Crippen LogP contribution in [0.25, 0.3) is 0 Å².